The van der Waals surface area contributed by atoms with Gasteiger partial charge in [0.05, 0.1) is 18.7 Å². The highest BCUT2D eigenvalue weighted by molar-refractivity contribution is 5.98. The molecule has 1 unspecified atom stereocenters. The lowest BCUT2D eigenvalue weighted by molar-refractivity contribution is -0.142. The van der Waals surface area contributed by atoms with Crippen LogP contribution in [0.15, 0.2) is 54.9 Å². The standard InChI is InChI=1S/C19H16FN3O3/c1-26-19(25)15(13-3-2-4-14(20)9-13)10-18(24)17-11-16(22-23-17)12-5-7-21-8-6-12/h2-9,11,15H,10H2,1H3,(H,22,23). The summed E-state index contributed by atoms with van der Waals surface area (Å²) in [5.74, 6) is -2.29. The Kier molecular flexibility index (Phi) is 5.17. The minimum Gasteiger partial charge on any atom is -0.469 e. The molecule has 1 atom stereocenters. The first-order valence-electron chi connectivity index (χ1n) is 7.91. The molecule has 3 rings (SSSR count). The maximum absolute atomic E-state index is 13.5. The number of halogens is 1. The molecule has 26 heavy (non-hydrogen) atoms. The number of hydrogen-bond acceptors (Lipinski definition) is 5. The summed E-state index contributed by atoms with van der Waals surface area (Å²) in [4.78, 5) is 28.6. The van der Waals surface area contributed by atoms with Crippen LogP contribution >= 0.6 is 0 Å². The molecule has 0 aliphatic heterocycles. The number of methoxy groups -OCH3 is 1. The van der Waals surface area contributed by atoms with E-state index in [1.165, 1.54) is 25.3 Å². The molecular weight excluding hydrogens is 337 g/mol. The van der Waals surface area contributed by atoms with Crippen molar-refractivity contribution in [2.45, 2.75) is 12.3 Å². The van der Waals surface area contributed by atoms with Crippen LogP contribution in [0.4, 0.5) is 4.39 Å². The van der Waals surface area contributed by atoms with Crippen LogP contribution in [0.2, 0.25) is 0 Å². The van der Waals surface area contributed by atoms with E-state index in [4.69, 9.17) is 4.74 Å². The van der Waals surface area contributed by atoms with Crippen molar-refractivity contribution >= 4 is 11.8 Å². The fraction of sp³-hybridized carbons (Fsp3) is 0.158. The topological polar surface area (TPSA) is 84.9 Å². The molecule has 3 aromatic rings. The summed E-state index contributed by atoms with van der Waals surface area (Å²) >= 11 is 0. The predicted molar refractivity (Wildman–Crippen MR) is 91.9 cm³/mol. The number of ether oxygens (including phenoxy) is 1. The zero-order chi connectivity index (χ0) is 18.5. The van der Waals surface area contributed by atoms with Crippen LogP contribution in [0.3, 0.4) is 0 Å². The van der Waals surface area contributed by atoms with Gasteiger partial charge < -0.3 is 4.74 Å². The largest absolute Gasteiger partial charge is 0.469 e. The lowest BCUT2D eigenvalue weighted by Gasteiger charge is -2.14. The second kappa shape index (κ2) is 7.69. The van der Waals surface area contributed by atoms with E-state index in [0.29, 0.717) is 11.3 Å². The zero-order valence-corrected chi connectivity index (χ0v) is 14.0. The highest BCUT2D eigenvalue weighted by Crippen LogP contribution is 2.25. The summed E-state index contributed by atoms with van der Waals surface area (Å²) in [6.07, 6.45) is 3.10. The molecule has 0 aliphatic carbocycles. The van der Waals surface area contributed by atoms with E-state index < -0.39 is 17.7 Å². The molecule has 0 amide bonds. The Morgan fingerprint density at radius 1 is 1.19 bits per heavy atom. The normalized spacial score (nSPS) is 11.8. The van der Waals surface area contributed by atoms with Gasteiger partial charge in [-0.2, -0.15) is 5.10 Å². The first-order chi connectivity index (χ1) is 12.6. The Hall–Kier alpha value is -3.35. The Morgan fingerprint density at radius 2 is 1.96 bits per heavy atom. The van der Waals surface area contributed by atoms with Gasteiger partial charge in [-0.25, -0.2) is 4.39 Å². The number of pyridine rings is 1. The van der Waals surface area contributed by atoms with Crippen LogP contribution in [0, 0.1) is 5.82 Å². The number of aromatic nitrogens is 3. The Morgan fingerprint density at radius 3 is 2.65 bits per heavy atom. The van der Waals surface area contributed by atoms with Gasteiger partial charge in [0.25, 0.3) is 0 Å². The third-order valence-corrected chi connectivity index (χ3v) is 3.98. The van der Waals surface area contributed by atoms with Gasteiger partial charge in [0.15, 0.2) is 5.78 Å². The molecule has 2 heterocycles. The van der Waals surface area contributed by atoms with Gasteiger partial charge in [-0.05, 0) is 35.9 Å². The van der Waals surface area contributed by atoms with Gasteiger partial charge in [-0.1, -0.05) is 12.1 Å². The average molecular weight is 353 g/mol. The second-order valence-corrected chi connectivity index (χ2v) is 5.66. The van der Waals surface area contributed by atoms with E-state index in [2.05, 4.69) is 15.2 Å². The second-order valence-electron chi connectivity index (χ2n) is 5.66. The molecule has 2 aromatic heterocycles. The minimum absolute atomic E-state index is 0.159. The number of nitrogens with one attached hydrogen (secondary N) is 1. The van der Waals surface area contributed by atoms with Gasteiger partial charge in [-0.15, -0.1) is 0 Å². The van der Waals surface area contributed by atoms with Crippen molar-refractivity contribution in [3.05, 3.63) is 71.9 Å². The lowest BCUT2D eigenvalue weighted by atomic mass is 9.92. The maximum atomic E-state index is 13.5. The van der Waals surface area contributed by atoms with E-state index in [-0.39, 0.29) is 17.9 Å². The highest BCUT2D eigenvalue weighted by atomic mass is 19.1. The molecule has 0 saturated carbocycles. The van der Waals surface area contributed by atoms with Crippen molar-refractivity contribution in [1.29, 1.82) is 0 Å². The Labute approximate surface area is 149 Å². The van der Waals surface area contributed by atoms with Crippen LogP contribution in [-0.4, -0.2) is 34.0 Å². The van der Waals surface area contributed by atoms with Crippen LogP contribution in [0.5, 0.6) is 0 Å². The highest BCUT2D eigenvalue weighted by Gasteiger charge is 2.26. The molecule has 0 spiro atoms. The van der Waals surface area contributed by atoms with Crippen molar-refractivity contribution in [1.82, 2.24) is 15.2 Å². The third kappa shape index (κ3) is 3.83. The minimum atomic E-state index is -0.893. The number of esters is 1. The van der Waals surface area contributed by atoms with Crippen molar-refractivity contribution in [2.24, 2.45) is 0 Å². The van der Waals surface area contributed by atoms with Crippen LogP contribution in [-0.2, 0) is 9.53 Å². The van der Waals surface area contributed by atoms with Crippen molar-refractivity contribution in [3.8, 4) is 11.3 Å². The van der Waals surface area contributed by atoms with Gasteiger partial charge in [0, 0.05) is 24.4 Å². The number of H-pyrrole nitrogens is 1. The monoisotopic (exact) mass is 353 g/mol. The molecule has 1 N–H and O–H groups in total. The summed E-state index contributed by atoms with van der Waals surface area (Å²) in [6, 6.07) is 10.7. The summed E-state index contributed by atoms with van der Waals surface area (Å²) in [7, 11) is 1.23. The van der Waals surface area contributed by atoms with E-state index in [0.717, 1.165) is 5.56 Å². The van der Waals surface area contributed by atoms with Gasteiger partial charge >= 0.3 is 5.97 Å². The molecule has 0 radical (unpaired) electrons. The maximum Gasteiger partial charge on any atom is 0.313 e. The molecule has 6 nitrogen and oxygen atoms in total. The molecule has 0 saturated heterocycles. The van der Waals surface area contributed by atoms with Crippen molar-refractivity contribution in [2.75, 3.05) is 7.11 Å². The summed E-state index contributed by atoms with van der Waals surface area (Å²) in [6.45, 7) is 0. The smallest absolute Gasteiger partial charge is 0.313 e. The Balaban J connectivity index is 1.82. The average Bonchev–Trinajstić information content (AvgIpc) is 3.16. The summed E-state index contributed by atoms with van der Waals surface area (Å²) < 4.78 is 18.3. The fourth-order valence-electron chi connectivity index (χ4n) is 2.63. The van der Waals surface area contributed by atoms with Crippen LogP contribution in [0.25, 0.3) is 11.3 Å². The van der Waals surface area contributed by atoms with E-state index >= 15 is 0 Å². The molecule has 1 aromatic carbocycles. The molecular formula is C19H16FN3O3. The molecule has 0 bridgehead atoms. The number of aromatic amines is 1. The zero-order valence-electron chi connectivity index (χ0n) is 14.0. The number of ketones is 1. The molecule has 7 heteroatoms. The van der Waals surface area contributed by atoms with Crippen LogP contribution < -0.4 is 0 Å². The first kappa shape index (κ1) is 17.5. The number of carbonyl (C=O) groups is 2. The predicted octanol–water partition coefficient (Wildman–Crippen LogP) is 3.14. The van der Waals surface area contributed by atoms with Crippen molar-refractivity contribution in [3.63, 3.8) is 0 Å². The quantitative estimate of drug-likeness (QED) is 0.543. The van der Waals surface area contributed by atoms with Gasteiger partial charge in [0.1, 0.15) is 11.5 Å². The first-order valence-corrected chi connectivity index (χ1v) is 7.91. The van der Waals surface area contributed by atoms with E-state index in [1.807, 2.05) is 0 Å². The van der Waals surface area contributed by atoms with Gasteiger partial charge in [0.2, 0.25) is 0 Å². The SMILES string of the molecule is COC(=O)C(CC(=O)c1cc(-c2ccncc2)n[nH]1)c1cccc(F)c1. The number of hydrogen-bond donors (Lipinski definition) is 1. The number of nitrogens with zero attached hydrogens (tertiary/aromatic N) is 2. The molecule has 132 valence electrons. The summed E-state index contributed by atoms with van der Waals surface area (Å²) in [5.41, 5.74) is 2.06. The number of carbonyl (C=O) groups excluding carboxylic acids is 2. The van der Waals surface area contributed by atoms with Crippen molar-refractivity contribution < 1.29 is 18.7 Å². The number of rotatable bonds is 6. The number of benzene rings is 1. The molecule has 0 aliphatic rings. The van der Waals surface area contributed by atoms with E-state index in [1.54, 1.807) is 36.7 Å². The van der Waals surface area contributed by atoms with Crippen LogP contribution in [0.1, 0.15) is 28.4 Å². The summed E-state index contributed by atoms with van der Waals surface area (Å²) in [5, 5.41) is 6.80. The third-order valence-electron chi connectivity index (χ3n) is 3.98. The fourth-order valence-corrected chi connectivity index (χ4v) is 2.63. The van der Waals surface area contributed by atoms with Gasteiger partial charge in [-0.3, -0.25) is 19.7 Å². The Bertz CT molecular complexity index is 925. The lowest BCUT2D eigenvalue weighted by Crippen LogP contribution is -2.18. The molecule has 0 fully saturated rings. The van der Waals surface area contributed by atoms with E-state index in [9.17, 15) is 14.0 Å². The number of Topliss-reactive ketones (excluding diaryl/α,β-unsaturated/α-hetero) is 1.